The van der Waals surface area contributed by atoms with Gasteiger partial charge in [-0.1, -0.05) is 15.9 Å². The van der Waals surface area contributed by atoms with Gasteiger partial charge in [0.2, 0.25) is 5.88 Å². The number of aromatic amines is 1. The Labute approximate surface area is 129 Å². The molecule has 2 heterocycles. The number of hydrogen-bond donors (Lipinski definition) is 1. The molecule has 1 aromatic carbocycles. The number of pyridine rings is 1. The summed E-state index contributed by atoms with van der Waals surface area (Å²) in [6.45, 7) is 0.675. The van der Waals surface area contributed by atoms with Gasteiger partial charge >= 0.3 is 0 Å². The fraction of sp³-hybridized carbons (Fsp3) is 0.143. The van der Waals surface area contributed by atoms with Gasteiger partial charge in [-0.25, -0.2) is 4.98 Å². The third-order valence-corrected chi connectivity index (χ3v) is 3.90. The predicted molar refractivity (Wildman–Crippen MR) is 84.7 cm³/mol. The molecule has 0 aliphatic heterocycles. The minimum absolute atomic E-state index is 0.607. The standard InChI is InChI=1S/C14H12BrN3OS/c1-19-13-6-9(4-5-16-13)8-18-12-7-10(15)2-3-11(12)17-14(18)20/h2-7H,8H2,1H3,(H,17,20). The van der Waals surface area contributed by atoms with Gasteiger partial charge in [0.1, 0.15) is 0 Å². The van der Waals surface area contributed by atoms with E-state index in [2.05, 4.69) is 36.5 Å². The molecule has 0 aliphatic carbocycles. The summed E-state index contributed by atoms with van der Waals surface area (Å²) in [7, 11) is 1.61. The molecule has 102 valence electrons. The van der Waals surface area contributed by atoms with E-state index in [1.54, 1.807) is 13.3 Å². The fourth-order valence-corrected chi connectivity index (χ4v) is 2.75. The number of ether oxygens (including phenoxy) is 1. The van der Waals surface area contributed by atoms with Gasteiger partial charge in [0.05, 0.1) is 24.7 Å². The van der Waals surface area contributed by atoms with E-state index in [0.29, 0.717) is 17.2 Å². The number of nitrogens with one attached hydrogen (secondary N) is 1. The number of H-pyrrole nitrogens is 1. The van der Waals surface area contributed by atoms with Crippen molar-refractivity contribution in [1.82, 2.24) is 14.5 Å². The second kappa shape index (κ2) is 5.38. The Bertz CT molecular complexity index is 825. The molecule has 3 rings (SSSR count). The van der Waals surface area contributed by atoms with Crippen LogP contribution in [0.3, 0.4) is 0 Å². The molecule has 0 atom stereocenters. The third-order valence-electron chi connectivity index (χ3n) is 3.09. The van der Waals surface area contributed by atoms with Gasteiger partial charge in [-0.2, -0.15) is 0 Å². The van der Waals surface area contributed by atoms with Gasteiger partial charge < -0.3 is 14.3 Å². The normalized spacial score (nSPS) is 10.9. The highest BCUT2D eigenvalue weighted by Gasteiger charge is 2.06. The van der Waals surface area contributed by atoms with Crippen molar-refractivity contribution in [3.63, 3.8) is 0 Å². The van der Waals surface area contributed by atoms with Crippen molar-refractivity contribution in [3.8, 4) is 5.88 Å². The zero-order valence-electron chi connectivity index (χ0n) is 10.8. The summed E-state index contributed by atoms with van der Waals surface area (Å²) in [5.41, 5.74) is 3.19. The molecule has 20 heavy (non-hydrogen) atoms. The van der Waals surface area contributed by atoms with E-state index < -0.39 is 0 Å². The van der Waals surface area contributed by atoms with Crippen molar-refractivity contribution >= 4 is 39.2 Å². The van der Waals surface area contributed by atoms with Crippen LogP contribution in [0.2, 0.25) is 0 Å². The van der Waals surface area contributed by atoms with Gasteiger partial charge in [0, 0.05) is 16.7 Å². The van der Waals surface area contributed by atoms with Gasteiger partial charge in [-0.05, 0) is 42.0 Å². The molecule has 0 saturated carbocycles. The SMILES string of the molecule is COc1cc(Cn2c(=S)[nH]c3ccc(Br)cc32)ccn1. The fourth-order valence-electron chi connectivity index (χ4n) is 2.13. The Hall–Kier alpha value is -1.66. The van der Waals surface area contributed by atoms with E-state index in [1.165, 1.54) is 0 Å². The largest absolute Gasteiger partial charge is 0.481 e. The summed E-state index contributed by atoms with van der Waals surface area (Å²) in [6.07, 6.45) is 1.74. The van der Waals surface area contributed by atoms with Gasteiger partial charge in [-0.15, -0.1) is 0 Å². The van der Waals surface area contributed by atoms with Crippen LogP contribution in [0.5, 0.6) is 5.88 Å². The average molecular weight is 350 g/mol. The predicted octanol–water partition coefficient (Wildman–Crippen LogP) is 3.91. The highest BCUT2D eigenvalue weighted by Crippen LogP contribution is 2.21. The molecule has 0 amide bonds. The van der Waals surface area contributed by atoms with Gasteiger partial charge in [0.15, 0.2) is 4.77 Å². The minimum atomic E-state index is 0.607. The summed E-state index contributed by atoms with van der Waals surface area (Å²) in [5, 5.41) is 0. The first-order valence-electron chi connectivity index (χ1n) is 6.04. The number of aromatic nitrogens is 3. The first-order valence-corrected chi connectivity index (χ1v) is 7.24. The topological polar surface area (TPSA) is 42.8 Å². The first-order chi connectivity index (χ1) is 9.67. The van der Waals surface area contributed by atoms with Crippen molar-refractivity contribution < 1.29 is 4.74 Å². The summed E-state index contributed by atoms with van der Waals surface area (Å²) in [6, 6.07) is 9.94. The Kier molecular flexibility index (Phi) is 3.58. The zero-order valence-corrected chi connectivity index (χ0v) is 13.2. The van der Waals surface area contributed by atoms with E-state index in [-0.39, 0.29) is 0 Å². The van der Waals surface area contributed by atoms with E-state index in [4.69, 9.17) is 17.0 Å². The summed E-state index contributed by atoms with van der Waals surface area (Å²) in [4.78, 5) is 7.33. The van der Waals surface area contributed by atoms with Crippen molar-refractivity contribution in [2.45, 2.75) is 6.54 Å². The van der Waals surface area contributed by atoms with Gasteiger partial charge in [0.25, 0.3) is 0 Å². The van der Waals surface area contributed by atoms with Crippen LogP contribution in [0.25, 0.3) is 11.0 Å². The lowest BCUT2D eigenvalue weighted by Gasteiger charge is -2.06. The van der Waals surface area contributed by atoms with Crippen LogP contribution in [0, 0.1) is 4.77 Å². The molecule has 4 nitrogen and oxygen atoms in total. The maximum atomic E-state index is 5.40. The summed E-state index contributed by atoms with van der Waals surface area (Å²) in [5.74, 6) is 0.607. The number of fused-ring (bicyclic) bond motifs is 1. The quantitative estimate of drug-likeness (QED) is 0.729. The average Bonchev–Trinajstić information content (AvgIpc) is 2.75. The number of halogens is 1. The second-order valence-corrected chi connectivity index (χ2v) is 5.69. The number of rotatable bonds is 3. The van der Waals surface area contributed by atoms with E-state index in [9.17, 15) is 0 Å². The second-order valence-electron chi connectivity index (χ2n) is 4.38. The molecule has 0 unspecified atom stereocenters. The van der Waals surface area contributed by atoms with E-state index in [1.807, 2.05) is 24.3 Å². The molecule has 3 aromatic rings. The number of benzene rings is 1. The molecule has 0 saturated heterocycles. The molecular formula is C14H12BrN3OS. The maximum absolute atomic E-state index is 5.40. The Morgan fingerprint density at radius 1 is 1.35 bits per heavy atom. The lowest BCUT2D eigenvalue weighted by atomic mass is 10.2. The zero-order chi connectivity index (χ0) is 14.1. The van der Waals surface area contributed by atoms with Crippen LogP contribution < -0.4 is 4.74 Å². The van der Waals surface area contributed by atoms with Crippen LogP contribution in [0.15, 0.2) is 41.0 Å². The molecule has 6 heteroatoms. The van der Waals surface area contributed by atoms with Crippen molar-refractivity contribution in [2.75, 3.05) is 7.11 Å². The molecule has 1 N–H and O–H groups in total. The third kappa shape index (κ3) is 2.48. The summed E-state index contributed by atoms with van der Waals surface area (Å²) >= 11 is 8.89. The van der Waals surface area contributed by atoms with Gasteiger partial charge in [-0.3, -0.25) is 0 Å². The lowest BCUT2D eigenvalue weighted by molar-refractivity contribution is 0.397. The Balaban J connectivity index is 2.07. The molecule has 2 aromatic heterocycles. The lowest BCUT2D eigenvalue weighted by Crippen LogP contribution is -2.00. The number of hydrogen-bond acceptors (Lipinski definition) is 3. The minimum Gasteiger partial charge on any atom is -0.481 e. The van der Waals surface area contributed by atoms with E-state index in [0.717, 1.165) is 21.1 Å². The highest BCUT2D eigenvalue weighted by molar-refractivity contribution is 9.10. The van der Waals surface area contributed by atoms with Crippen molar-refractivity contribution in [2.24, 2.45) is 0 Å². The Morgan fingerprint density at radius 3 is 3.00 bits per heavy atom. The van der Waals surface area contributed by atoms with Crippen molar-refractivity contribution in [1.29, 1.82) is 0 Å². The van der Waals surface area contributed by atoms with Crippen LogP contribution in [-0.2, 0) is 6.54 Å². The summed E-state index contributed by atoms with van der Waals surface area (Å²) < 4.78 is 8.94. The number of nitrogens with zero attached hydrogens (tertiary/aromatic N) is 2. The van der Waals surface area contributed by atoms with E-state index >= 15 is 0 Å². The first kappa shape index (κ1) is 13.3. The number of imidazole rings is 1. The highest BCUT2D eigenvalue weighted by atomic mass is 79.9. The van der Waals surface area contributed by atoms with Crippen LogP contribution in [-0.4, -0.2) is 21.6 Å². The molecule has 0 spiro atoms. The smallest absolute Gasteiger partial charge is 0.213 e. The molecule has 0 bridgehead atoms. The molecular weight excluding hydrogens is 338 g/mol. The molecule has 0 aliphatic rings. The van der Waals surface area contributed by atoms with Crippen LogP contribution in [0.4, 0.5) is 0 Å². The molecule has 0 radical (unpaired) electrons. The maximum Gasteiger partial charge on any atom is 0.213 e. The Morgan fingerprint density at radius 2 is 2.20 bits per heavy atom. The van der Waals surface area contributed by atoms with Crippen LogP contribution in [0.1, 0.15) is 5.56 Å². The number of methoxy groups -OCH3 is 1. The van der Waals surface area contributed by atoms with Crippen molar-refractivity contribution in [3.05, 3.63) is 51.3 Å². The molecule has 0 fully saturated rings. The van der Waals surface area contributed by atoms with Crippen LogP contribution >= 0.6 is 28.1 Å². The monoisotopic (exact) mass is 349 g/mol.